The topological polar surface area (TPSA) is 415 Å². The Labute approximate surface area is 377 Å². The molecule has 3 saturated heterocycles. The minimum atomic E-state index is -2.00. The van der Waals surface area contributed by atoms with Gasteiger partial charge < -0.3 is 120 Å². The highest BCUT2D eigenvalue weighted by atomic mass is 16.7. The number of hydrogen-bond donors (Lipinski definition) is 16. The van der Waals surface area contributed by atoms with Crippen molar-refractivity contribution in [3.05, 3.63) is 71.0 Å². The van der Waals surface area contributed by atoms with Crippen LogP contribution in [0.15, 0.2) is 54.3 Å². The number of carbonyl (C=O) groups is 1. The first-order valence-corrected chi connectivity index (χ1v) is 20.3. The molecule has 0 saturated carbocycles. The normalized spacial score (nSPS) is 34.1. The number of esters is 1. The van der Waals surface area contributed by atoms with Gasteiger partial charge in [-0.25, -0.2) is 4.79 Å². The zero-order chi connectivity index (χ0) is 48.6. The number of fused-ring (bicyclic) bond motifs is 1. The Kier molecular flexibility index (Phi) is 14.8. The Bertz CT molecular complexity index is 2300. The quantitative estimate of drug-likeness (QED) is 0.0443. The van der Waals surface area contributed by atoms with Crippen LogP contribution in [0.5, 0.6) is 46.0 Å². The lowest BCUT2D eigenvalue weighted by molar-refractivity contribution is -0.293. The highest BCUT2D eigenvalue weighted by Crippen LogP contribution is 2.48. The summed E-state index contributed by atoms with van der Waals surface area (Å²) < 4.78 is 45.5. The summed E-state index contributed by atoms with van der Waals surface area (Å²) in [6.45, 7) is -2.41. The van der Waals surface area contributed by atoms with Gasteiger partial charge in [0.2, 0.25) is 24.6 Å². The standard InChI is InChI=1S/C42H48O25/c43-11-25-30(51)33(54)36(57)41(65-25)63-23-7-15(6-20(48)29(23)50)39-24(64-42-37(58)34(55)31(52)26(12-44)66-42)10-17-21(61-39)8-16(45)9-22(17)62-40-38(59)35(56)32(53)27(67-40)13-60-28(49)4-2-14-1-3-18(46)19(47)5-14/h1-10,25-27,30-48,50-59H,11-13H2/b4-2+/t25-,26-,27-,30-,31-,32-,33+,34+,35+,36-,37-,38-,39?,40-,41-,42-/m1/s1. The molecule has 0 bridgehead atoms. The predicted octanol–water partition coefficient (Wildman–Crippen LogP) is -3.87. The molecule has 25 heteroatoms. The number of benzene rings is 3. The van der Waals surface area contributed by atoms with Crippen molar-refractivity contribution in [1.29, 1.82) is 0 Å². The van der Waals surface area contributed by atoms with Crippen molar-refractivity contribution in [3.63, 3.8) is 0 Å². The van der Waals surface area contributed by atoms with Crippen molar-refractivity contribution in [2.75, 3.05) is 19.8 Å². The fraction of sp³-hybridized carbons (Fsp3) is 0.452. The minimum absolute atomic E-state index is 0.140. The van der Waals surface area contributed by atoms with Gasteiger partial charge in [0, 0.05) is 23.8 Å². The van der Waals surface area contributed by atoms with Crippen molar-refractivity contribution < 1.29 is 124 Å². The zero-order valence-corrected chi connectivity index (χ0v) is 34.5. The molecule has 4 heterocycles. The van der Waals surface area contributed by atoms with Crippen LogP contribution in [-0.2, 0) is 28.5 Å². The molecule has 0 spiro atoms. The van der Waals surface area contributed by atoms with E-state index in [1.54, 1.807) is 0 Å². The molecule has 0 radical (unpaired) electrons. The number of phenols is 5. The van der Waals surface area contributed by atoms with Gasteiger partial charge in [0.1, 0.15) is 103 Å². The number of rotatable bonds is 13. The van der Waals surface area contributed by atoms with E-state index in [4.69, 9.17) is 37.9 Å². The molecule has 67 heavy (non-hydrogen) atoms. The van der Waals surface area contributed by atoms with Gasteiger partial charge in [-0.15, -0.1) is 0 Å². The Morgan fingerprint density at radius 1 is 0.582 bits per heavy atom. The van der Waals surface area contributed by atoms with Crippen molar-refractivity contribution in [2.45, 2.75) is 98.2 Å². The number of aliphatic hydroxyl groups is 11. The summed E-state index contributed by atoms with van der Waals surface area (Å²) in [6.07, 6.45) is -25.6. The molecule has 0 aliphatic carbocycles. The highest BCUT2D eigenvalue weighted by Gasteiger charge is 2.49. The third kappa shape index (κ3) is 10.2. The van der Waals surface area contributed by atoms with E-state index < -0.39 is 164 Å². The van der Waals surface area contributed by atoms with Crippen LogP contribution in [0.25, 0.3) is 12.2 Å². The molecule has 25 nitrogen and oxygen atoms in total. The second kappa shape index (κ2) is 20.2. The lowest BCUT2D eigenvalue weighted by Crippen LogP contribution is -2.60. The Hall–Kier alpha value is -5.75. The maximum absolute atomic E-state index is 12.5. The van der Waals surface area contributed by atoms with E-state index in [1.807, 2.05) is 0 Å². The molecular weight excluding hydrogens is 904 g/mol. The van der Waals surface area contributed by atoms with E-state index in [9.17, 15) is 86.5 Å². The van der Waals surface area contributed by atoms with Crippen LogP contribution in [0.2, 0.25) is 0 Å². The first-order chi connectivity index (χ1) is 31.8. The van der Waals surface area contributed by atoms with Crippen LogP contribution in [-0.4, -0.2) is 200 Å². The molecule has 4 aliphatic heterocycles. The lowest BCUT2D eigenvalue weighted by atomic mass is 9.98. The molecule has 3 fully saturated rings. The Morgan fingerprint density at radius 3 is 1.72 bits per heavy atom. The molecule has 16 N–H and O–H groups in total. The van der Waals surface area contributed by atoms with E-state index in [1.165, 1.54) is 18.2 Å². The van der Waals surface area contributed by atoms with E-state index in [0.717, 1.165) is 42.5 Å². The Morgan fingerprint density at radius 2 is 1.13 bits per heavy atom. The van der Waals surface area contributed by atoms with Crippen LogP contribution in [0.4, 0.5) is 0 Å². The fourth-order valence-corrected chi connectivity index (χ4v) is 7.40. The fourth-order valence-electron chi connectivity index (χ4n) is 7.40. The first-order valence-electron chi connectivity index (χ1n) is 20.3. The van der Waals surface area contributed by atoms with Gasteiger partial charge in [0.15, 0.2) is 29.1 Å². The maximum Gasteiger partial charge on any atom is 0.330 e. The molecule has 366 valence electrons. The van der Waals surface area contributed by atoms with E-state index in [-0.39, 0.29) is 22.6 Å². The molecule has 3 aromatic carbocycles. The van der Waals surface area contributed by atoms with Crippen molar-refractivity contribution in [3.8, 4) is 46.0 Å². The van der Waals surface area contributed by atoms with Crippen LogP contribution < -0.4 is 14.2 Å². The van der Waals surface area contributed by atoms with Crippen molar-refractivity contribution >= 4 is 18.1 Å². The van der Waals surface area contributed by atoms with Crippen LogP contribution in [0, 0.1) is 0 Å². The van der Waals surface area contributed by atoms with Crippen molar-refractivity contribution in [1.82, 2.24) is 0 Å². The molecule has 1 unspecified atom stereocenters. The van der Waals surface area contributed by atoms with E-state index >= 15 is 0 Å². The average molecular weight is 953 g/mol. The van der Waals surface area contributed by atoms with Gasteiger partial charge >= 0.3 is 5.97 Å². The van der Waals surface area contributed by atoms with Gasteiger partial charge in [0.05, 0.1) is 18.8 Å². The van der Waals surface area contributed by atoms with Gasteiger partial charge in [0.25, 0.3) is 0 Å². The summed E-state index contributed by atoms with van der Waals surface area (Å²) >= 11 is 0. The van der Waals surface area contributed by atoms with Gasteiger partial charge in [-0.05, 0) is 42.0 Å². The summed E-state index contributed by atoms with van der Waals surface area (Å²) in [4.78, 5) is 12.5. The molecule has 3 aromatic rings. The monoisotopic (exact) mass is 952 g/mol. The molecule has 0 aromatic heterocycles. The predicted molar refractivity (Wildman–Crippen MR) is 216 cm³/mol. The van der Waals surface area contributed by atoms with E-state index in [2.05, 4.69) is 0 Å². The lowest BCUT2D eigenvalue weighted by Gasteiger charge is -2.41. The SMILES string of the molecule is O=C(/C=C/c1ccc(O)c(O)c1)OC[C@H]1O[C@@H](Oc2cc(O)cc3c2C=C(O[C@@H]2O[C@H](CO)[C@@H](O)[C@H](O)[C@H]2O)C(c2cc(O)c(O)c(O[C@@H]4O[C@H](CO)[C@@H](O)[C@H](O)[C@H]4O)c2)O3)[C@H](O)[C@@H](O)[C@@H]1O. The minimum Gasteiger partial charge on any atom is -0.508 e. The summed E-state index contributed by atoms with van der Waals surface area (Å²) in [5, 5.41) is 167. The average Bonchev–Trinajstić information content (AvgIpc) is 3.30. The summed E-state index contributed by atoms with van der Waals surface area (Å²) in [7, 11) is 0. The molecular formula is C42H48O25. The largest absolute Gasteiger partial charge is 0.508 e. The van der Waals surface area contributed by atoms with Gasteiger partial charge in [-0.3, -0.25) is 0 Å². The third-order valence-electron chi connectivity index (χ3n) is 11.2. The third-order valence-corrected chi connectivity index (χ3v) is 11.2. The van der Waals surface area contributed by atoms with Gasteiger partial charge in [-0.1, -0.05) is 6.07 Å². The maximum atomic E-state index is 12.5. The molecule has 7 rings (SSSR count). The Balaban J connectivity index is 1.19. The van der Waals surface area contributed by atoms with Crippen LogP contribution in [0.1, 0.15) is 22.8 Å². The van der Waals surface area contributed by atoms with Crippen LogP contribution >= 0.6 is 0 Å². The van der Waals surface area contributed by atoms with Gasteiger partial charge in [-0.2, -0.15) is 0 Å². The smallest absolute Gasteiger partial charge is 0.330 e. The highest BCUT2D eigenvalue weighted by molar-refractivity contribution is 5.87. The van der Waals surface area contributed by atoms with Crippen molar-refractivity contribution in [2.24, 2.45) is 0 Å². The number of hydrogen-bond acceptors (Lipinski definition) is 25. The first kappa shape index (κ1) is 49.2. The second-order valence-corrected chi connectivity index (χ2v) is 15.8. The number of phenolic OH excluding ortho intramolecular Hbond substituents is 5. The van der Waals surface area contributed by atoms with E-state index in [0.29, 0.717) is 5.56 Å². The number of carbonyl (C=O) groups excluding carboxylic acids is 1. The number of aliphatic hydroxyl groups excluding tert-OH is 11. The second-order valence-electron chi connectivity index (χ2n) is 15.8. The van der Waals surface area contributed by atoms with Crippen LogP contribution in [0.3, 0.4) is 0 Å². The summed E-state index contributed by atoms with van der Waals surface area (Å²) in [6, 6.07) is 7.76. The summed E-state index contributed by atoms with van der Waals surface area (Å²) in [5.41, 5.74) is -0.0152. The number of ether oxygens (including phenoxy) is 8. The summed E-state index contributed by atoms with van der Waals surface area (Å²) in [5.74, 6) is -5.88. The number of aromatic hydroxyl groups is 5. The molecule has 4 aliphatic rings. The molecule has 0 amide bonds. The molecule has 16 atom stereocenters. The zero-order valence-electron chi connectivity index (χ0n) is 34.5.